The Morgan fingerprint density at radius 2 is 1.36 bits per heavy atom. The molecule has 0 aliphatic carbocycles. The molecular weight excluding hydrogens is 469 g/mol. The summed E-state index contributed by atoms with van der Waals surface area (Å²) in [6, 6.07) is 30.2. The highest BCUT2D eigenvalue weighted by Gasteiger charge is 2.30. The third-order valence-electron chi connectivity index (χ3n) is 5.85. The van der Waals surface area contributed by atoms with Crippen molar-refractivity contribution in [1.29, 1.82) is 0 Å². The molecule has 0 saturated carbocycles. The number of hydrogen-bond acceptors (Lipinski definition) is 4. The van der Waals surface area contributed by atoms with Gasteiger partial charge in [0, 0.05) is 12.1 Å². The smallest absolute Gasteiger partial charge is 0.306 e. The molecule has 0 aliphatic heterocycles. The van der Waals surface area contributed by atoms with Crippen molar-refractivity contribution >= 4 is 30.4 Å². The van der Waals surface area contributed by atoms with E-state index in [2.05, 4.69) is 29.6 Å². The Morgan fingerprint density at radius 3 is 1.89 bits per heavy atom. The van der Waals surface area contributed by atoms with E-state index in [4.69, 9.17) is 9.47 Å². The van der Waals surface area contributed by atoms with Crippen LogP contribution >= 0.6 is 7.92 Å². The van der Waals surface area contributed by atoms with Crippen molar-refractivity contribution in [3.8, 4) is 0 Å². The zero-order valence-electron chi connectivity index (χ0n) is 21.1. The molecule has 2 atom stereocenters. The van der Waals surface area contributed by atoms with E-state index in [1.165, 1.54) is 0 Å². The van der Waals surface area contributed by atoms with Gasteiger partial charge in [-0.1, -0.05) is 97.9 Å². The average Bonchev–Trinajstić information content (AvgIpc) is 2.90. The minimum Gasteiger partial charge on any atom is -0.466 e. The number of nitrogens with one attached hydrogen (secondary N) is 1. The average molecular weight is 506 g/mol. The number of esters is 1. The highest BCUT2D eigenvalue weighted by Crippen LogP contribution is 2.43. The van der Waals surface area contributed by atoms with Crippen LogP contribution in [0.4, 0.5) is 0 Å². The summed E-state index contributed by atoms with van der Waals surface area (Å²) in [5.74, 6) is -0.341. The van der Waals surface area contributed by atoms with E-state index in [-0.39, 0.29) is 36.4 Å². The maximum atomic E-state index is 13.3. The molecule has 0 spiro atoms. The van der Waals surface area contributed by atoms with Crippen molar-refractivity contribution in [3.63, 3.8) is 0 Å². The van der Waals surface area contributed by atoms with Gasteiger partial charge in [-0.05, 0) is 37.4 Å². The van der Waals surface area contributed by atoms with E-state index in [9.17, 15) is 9.59 Å². The Morgan fingerprint density at radius 1 is 0.806 bits per heavy atom. The molecule has 3 aromatic rings. The molecule has 36 heavy (non-hydrogen) atoms. The molecule has 0 heterocycles. The van der Waals surface area contributed by atoms with Crippen molar-refractivity contribution in [1.82, 2.24) is 5.32 Å². The zero-order valence-corrected chi connectivity index (χ0v) is 22.0. The van der Waals surface area contributed by atoms with Crippen LogP contribution in [0.3, 0.4) is 0 Å². The second-order valence-electron chi connectivity index (χ2n) is 8.58. The number of rotatable bonds is 14. The molecule has 0 aromatic heterocycles. The highest BCUT2D eigenvalue weighted by atomic mass is 31.1. The van der Waals surface area contributed by atoms with Crippen LogP contribution in [0.1, 0.15) is 38.7 Å². The Labute approximate surface area is 216 Å². The van der Waals surface area contributed by atoms with Crippen molar-refractivity contribution in [3.05, 3.63) is 96.6 Å². The number of benzene rings is 3. The van der Waals surface area contributed by atoms with Crippen molar-refractivity contribution < 1.29 is 19.1 Å². The first-order valence-electron chi connectivity index (χ1n) is 12.6. The number of ether oxygens (including phenoxy) is 2. The normalized spacial score (nSPS) is 12.6. The summed E-state index contributed by atoms with van der Waals surface area (Å²) in [7, 11) is -0.954. The molecular formula is C30H36NO4P. The molecule has 190 valence electrons. The van der Waals surface area contributed by atoms with Gasteiger partial charge in [0.1, 0.15) is 0 Å². The molecule has 5 nitrogen and oxygen atoms in total. The molecule has 1 amide bonds. The molecule has 1 N–H and O–H groups in total. The van der Waals surface area contributed by atoms with Crippen LogP contribution in [0.2, 0.25) is 0 Å². The second kappa shape index (κ2) is 15.2. The third kappa shape index (κ3) is 8.89. The topological polar surface area (TPSA) is 64.6 Å². The minimum atomic E-state index is -0.954. The second-order valence-corrected chi connectivity index (χ2v) is 11.1. The van der Waals surface area contributed by atoms with Crippen LogP contribution in [-0.4, -0.2) is 36.8 Å². The van der Waals surface area contributed by atoms with Crippen LogP contribution < -0.4 is 15.9 Å². The first kappa shape index (κ1) is 27.6. The lowest BCUT2D eigenvalue weighted by Gasteiger charge is -2.28. The fraction of sp³-hybridized carbons (Fsp3) is 0.333. The SMILES string of the molecule is CCOC(=O)C[C@@H](CC(=O)N[C@H](CC)COCc1ccccc1)P(c1ccccc1)c1ccccc1. The lowest BCUT2D eigenvalue weighted by Crippen LogP contribution is -2.40. The predicted octanol–water partition coefficient (Wildman–Crippen LogP) is 4.94. The quantitative estimate of drug-likeness (QED) is 0.249. The number of amides is 1. The highest BCUT2D eigenvalue weighted by molar-refractivity contribution is 7.73. The number of carbonyl (C=O) groups excluding carboxylic acids is 2. The first-order valence-corrected chi connectivity index (χ1v) is 14.0. The summed E-state index contributed by atoms with van der Waals surface area (Å²) in [5, 5.41) is 5.42. The molecule has 0 aliphatic rings. The monoisotopic (exact) mass is 505 g/mol. The van der Waals surface area contributed by atoms with E-state index in [1.54, 1.807) is 6.92 Å². The predicted molar refractivity (Wildman–Crippen MR) is 147 cm³/mol. The molecule has 6 heteroatoms. The van der Waals surface area contributed by atoms with Gasteiger partial charge in [0.25, 0.3) is 0 Å². The van der Waals surface area contributed by atoms with Crippen molar-refractivity contribution in [2.75, 3.05) is 13.2 Å². The largest absolute Gasteiger partial charge is 0.466 e. The lowest BCUT2D eigenvalue weighted by molar-refractivity contribution is -0.143. The molecule has 0 saturated heterocycles. The maximum Gasteiger partial charge on any atom is 0.306 e. The summed E-state index contributed by atoms with van der Waals surface area (Å²) in [4.78, 5) is 25.8. The fourth-order valence-corrected chi connectivity index (χ4v) is 6.88. The summed E-state index contributed by atoms with van der Waals surface area (Å²) in [6.07, 6.45) is 1.19. The standard InChI is InChI=1S/C30H36NO4P/c1-3-25(23-34-22-24-14-8-5-9-15-24)31-29(32)20-28(21-30(33)35-4-2)36(26-16-10-6-11-17-26)27-18-12-7-13-19-27/h5-19,25,28H,3-4,20-23H2,1-2H3,(H,31,32)/t25-,28-/m1/s1. The first-order chi connectivity index (χ1) is 17.6. The van der Waals surface area contributed by atoms with Gasteiger partial charge in [0.15, 0.2) is 0 Å². The summed E-state index contributed by atoms with van der Waals surface area (Å²) in [5.41, 5.74) is 0.913. The van der Waals surface area contributed by atoms with Gasteiger partial charge in [0.2, 0.25) is 5.91 Å². The van der Waals surface area contributed by atoms with Crippen LogP contribution in [0, 0.1) is 0 Å². The number of carbonyl (C=O) groups is 2. The maximum absolute atomic E-state index is 13.3. The summed E-state index contributed by atoms with van der Waals surface area (Å²) >= 11 is 0. The van der Waals surface area contributed by atoms with Crippen LogP contribution in [0.25, 0.3) is 0 Å². The van der Waals surface area contributed by atoms with Crippen LogP contribution in [0.15, 0.2) is 91.0 Å². The van der Waals surface area contributed by atoms with Gasteiger partial charge in [-0.3, -0.25) is 9.59 Å². The molecule has 0 bridgehead atoms. The van der Waals surface area contributed by atoms with Gasteiger partial charge in [-0.25, -0.2) is 0 Å². The van der Waals surface area contributed by atoms with Crippen molar-refractivity contribution in [2.45, 2.75) is 51.4 Å². The molecule has 0 radical (unpaired) electrons. The van der Waals surface area contributed by atoms with Crippen molar-refractivity contribution in [2.24, 2.45) is 0 Å². The molecule has 3 aromatic carbocycles. The van der Waals surface area contributed by atoms with Gasteiger partial charge in [-0.15, -0.1) is 0 Å². The van der Waals surface area contributed by atoms with Crippen LogP contribution in [0.5, 0.6) is 0 Å². The van der Waals surface area contributed by atoms with E-state index in [0.717, 1.165) is 22.6 Å². The Kier molecular flexibility index (Phi) is 11.6. The Balaban J connectivity index is 1.73. The lowest BCUT2D eigenvalue weighted by atomic mass is 10.2. The van der Waals surface area contributed by atoms with Gasteiger partial charge >= 0.3 is 5.97 Å². The van der Waals surface area contributed by atoms with Gasteiger partial charge in [0.05, 0.1) is 32.3 Å². The fourth-order valence-electron chi connectivity index (χ4n) is 4.07. The minimum absolute atomic E-state index is 0.0705. The van der Waals surface area contributed by atoms with Crippen LogP contribution in [-0.2, 0) is 25.7 Å². The molecule has 3 rings (SSSR count). The van der Waals surface area contributed by atoms with Gasteiger partial charge < -0.3 is 14.8 Å². The zero-order chi connectivity index (χ0) is 25.6. The van der Waals surface area contributed by atoms with E-state index in [1.807, 2.05) is 73.7 Å². The third-order valence-corrected chi connectivity index (χ3v) is 8.66. The molecule has 0 fully saturated rings. The Hall–Kier alpha value is -3.01. The number of hydrogen-bond donors (Lipinski definition) is 1. The Bertz CT molecular complexity index is 1010. The van der Waals surface area contributed by atoms with Gasteiger partial charge in [-0.2, -0.15) is 0 Å². The van der Waals surface area contributed by atoms with E-state index < -0.39 is 7.92 Å². The summed E-state index contributed by atoms with van der Waals surface area (Å²) in [6.45, 7) is 5.10. The molecule has 0 unspecified atom stereocenters. The van der Waals surface area contributed by atoms with E-state index >= 15 is 0 Å². The van der Waals surface area contributed by atoms with E-state index in [0.29, 0.717) is 19.8 Å². The summed E-state index contributed by atoms with van der Waals surface area (Å²) < 4.78 is 11.2.